The molecular weight excluding hydrogens is 380 g/mol. The topological polar surface area (TPSA) is 80.6 Å². The average molecular weight is 401 g/mol. The van der Waals surface area contributed by atoms with E-state index in [-0.39, 0.29) is 5.57 Å². The van der Waals surface area contributed by atoms with Crippen LogP contribution in [0.1, 0.15) is 19.4 Å². The number of nitrogens with one attached hydrogen (secondary N) is 1. The summed E-state index contributed by atoms with van der Waals surface area (Å²) in [5.41, 5.74) is 0.923. The number of anilines is 1. The Hall–Kier alpha value is -3.17. The summed E-state index contributed by atoms with van der Waals surface area (Å²) in [6, 6.07) is 12.0. The molecule has 146 valence electrons. The van der Waals surface area contributed by atoms with Crippen LogP contribution in [0.5, 0.6) is 17.2 Å². The van der Waals surface area contributed by atoms with Crippen LogP contribution < -0.4 is 19.5 Å². The molecule has 0 aromatic heterocycles. The molecule has 0 aliphatic carbocycles. The van der Waals surface area contributed by atoms with Gasteiger partial charge in [-0.3, -0.25) is 4.79 Å². The third-order valence-corrected chi connectivity index (χ3v) is 4.00. The van der Waals surface area contributed by atoms with Crippen molar-refractivity contribution < 1.29 is 19.0 Å². The zero-order valence-electron chi connectivity index (χ0n) is 15.9. The van der Waals surface area contributed by atoms with Crippen LogP contribution in [-0.4, -0.2) is 26.2 Å². The number of carbonyl (C=O) groups is 1. The summed E-state index contributed by atoms with van der Waals surface area (Å²) >= 11 is 6.27. The lowest BCUT2D eigenvalue weighted by Crippen LogP contribution is -2.13. The van der Waals surface area contributed by atoms with Gasteiger partial charge >= 0.3 is 0 Å². The number of nitrogens with zero attached hydrogens (tertiary/aromatic N) is 1. The molecule has 0 aliphatic heterocycles. The van der Waals surface area contributed by atoms with Gasteiger partial charge in [0.1, 0.15) is 17.4 Å². The second-order valence-electron chi connectivity index (χ2n) is 5.54. The van der Waals surface area contributed by atoms with Crippen molar-refractivity contribution in [3.8, 4) is 23.3 Å². The molecule has 0 unspecified atom stereocenters. The number of methoxy groups -OCH3 is 1. The highest BCUT2D eigenvalue weighted by atomic mass is 35.5. The largest absolute Gasteiger partial charge is 0.494 e. The van der Waals surface area contributed by atoms with Gasteiger partial charge in [-0.25, -0.2) is 0 Å². The standard InChI is InChI=1S/C21H21ClN2O4/c1-4-27-17-8-6-16(7-9-17)24-21(25)15(13-23)10-14-11-19(26-3)20(28-5-2)12-18(14)22/h6-12H,4-5H2,1-3H3,(H,24,25)/b15-10+. The second-order valence-corrected chi connectivity index (χ2v) is 5.95. The lowest BCUT2D eigenvalue weighted by atomic mass is 10.1. The van der Waals surface area contributed by atoms with Crippen molar-refractivity contribution in [3.63, 3.8) is 0 Å². The fourth-order valence-corrected chi connectivity index (χ4v) is 2.60. The first kappa shape index (κ1) is 21.1. The number of hydrogen-bond donors (Lipinski definition) is 1. The van der Waals surface area contributed by atoms with Crippen LogP contribution in [0.25, 0.3) is 6.08 Å². The van der Waals surface area contributed by atoms with Crippen molar-refractivity contribution in [1.29, 1.82) is 5.26 Å². The van der Waals surface area contributed by atoms with Crippen LogP contribution in [-0.2, 0) is 4.79 Å². The zero-order chi connectivity index (χ0) is 20.5. The molecule has 1 amide bonds. The maximum atomic E-state index is 12.5. The van der Waals surface area contributed by atoms with E-state index in [0.29, 0.717) is 46.7 Å². The molecule has 2 aromatic carbocycles. The molecule has 0 aliphatic rings. The molecule has 28 heavy (non-hydrogen) atoms. The van der Waals surface area contributed by atoms with E-state index in [4.69, 9.17) is 25.8 Å². The lowest BCUT2D eigenvalue weighted by molar-refractivity contribution is -0.112. The van der Waals surface area contributed by atoms with E-state index >= 15 is 0 Å². The first-order valence-electron chi connectivity index (χ1n) is 8.68. The SMILES string of the molecule is CCOc1ccc(NC(=O)/C(C#N)=C/c2cc(OC)c(OCC)cc2Cl)cc1. The molecular formula is C21H21ClN2O4. The number of benzene rings is 2. The fraction of sp³-hybridized carbons (Fsp3) is 0.238. The monoisotopic (exact) mass is 400 g/mol. The van der Waals surface area contributed by atoms with E-state index in [9.17, 15) is 10.1 Å². The number of rotatable bonds is 8. The van der Waals surface area contributed by atoms with Crippen LogP contribution in [0.2, 0.25) is 5.02 Å². The van der Waals surface area contributed by atoms with Crippen LogP contribution in [0.15, 0.2) is 42.0 Å². The summed E-state index contributed by atoms with van der Waals surface area (Å²) in [7, 11) is 1.50. The first-order valence-corrected chi connectivity index (χ1v) is 9.06. The van der Waals surface area contributed by atoms with Gasteiger partial charge in [-0.05, 0) is 55.8 Å². The van der Waals surface area contributed by atoms with Crippen LogP contribution in [0, 0.1) is 11.3 Å². The molecule has 0 fully saturated rings. The number of nitriles is 1. The molecule has 0 heterocycles. The number of hydrogen-bond acceptors (Lipinski definition) is 5. The number of amides is 1. The van der Waals surface area contributed by atoms with Crippen molar-refractivity contribution in [2.24, 2.45) is 0 Å². The van der Waals surface area contributed by atoms with Gasteiger partial charge in [-0.1, -0.05) is 11.6 Å². The van der Waals surface area contributed by atoms with E-state index in [1.54, 1.807) is 36.4 Å². The van der Waals surface area contributed by atoms with Crippen LogP contribution >= 0.6 is 11.6 Å². The summed E-state index contributed by atoms with van der Waals surface area (Å²) in [5.74, 6) is 1.10. The molecule has 2 aromatic rings. The summed E-state index contributed by atoms with van der Waals surface area (Å²) in [6.45, 7) is 4.75. The highest BCUT2D eigenvalue weighted by Gasteiger charge is 2.14. The molecule has 1 N–H and O–H groups in total. The normalized spacial score (nSPS) is 10.8. The van der Waals surface area contributed by atoms with Crippen LogP contribution in [0.4, 0.5) is 5.69 Å². The highest BCUT2D eigenvalue weighted by molar-refractivity contribution is 6.32. The molecule has 2 rings (SSSR count). The van der Waals surface area contributed by atoms with Crippen molar-refractivity contribution in [1.82, 2.24) is 0 Å². The summed E-state index contributed by atoms with van der Waals surface area (Å²) in [6.07, 6.45) is 1.41. The van der Waals surface area contributed by atoms with Gasteiger partial charge in [-0.2, -0.15) is 5.26 Å². The minimum absolute atomic E-state index is 0.0954. The van der Waals surface area contributed by atoms with E-state index in [1.807, 2.05) is 19.9 Å². The molecule has 6 nitrogen and oxygen atoms in total. The zero-order valence-corrected chi connectivity index (χ0v) is 16.7. The van der Waals surface area contributed by atoms with Gasteiger partial charge in [0.2, 0.25) is 0 Å². The Kier molecular flexibility index (Phi) is 7.73. The Labute approximate surface area is 169 Å². The Morgan fingerprint density at radius 2 is 1.82 bits per heavy atom. The summed E-state index contributed by atoms with van der Waals surface area (Å²) in [5, 5.41) is 12.4. The maximum Gasteiger partial charge on any atom is 0.266 e. The summed E-state index contributed by atoms with van der Waals surface area (Å²) in [4.78, 5) is 12.5. The van der Waals surface area contributed by atoms with E-state index in [2.05, 4.69) is 5.32 Å². The van der Waals surface area contributed by atoms with Gasteiger partial charge in [0.15, 0.2) is 11.5 Å². The molecule has 0 saturated carbocycles. The van der Waals surface area contributed by atoms with Gasteiger partial charge < -0.3 is 19.5 Å². The van der Waals surface area contributed by atoms with Crippen molar-refractivity contribution in [2.75, 3.05) is 25.6 Å². The average Bonchev–Trinajstić information content (AvgIpc) is 2.69. The Bertz CT molecular complexity index is 902. The number of carbonyl (C=O) groups excluding carboxylic acids is 1. The Balaban J connectivity index is 2.25. The van der Waals surface area contributed by atoms with Gasteiger partial charge in [0.25, 0.3) is 5.91 Å². The van der Waals surface area contributed by atoms with Crippen molar-refractivity contribution in [3.05, 3.63) is 52.6 Å². The minimum atomic E-state index is -0.546. The predicted molar refractivity (Wildman–Crippen MR) is 109 cm³/mol. The fourth-order valence-electron chi connectivity index (χ4n) is 2.39. The maximum absolute atomic E-state index is 12.5. The van der Waals surface area contributed by atoms with Gasteiger partial charge in [0, 0.05) is 11.8 Å². The third-order valence-electron chi connectivity index (χ3n) is 3.67. The molecule has 0 bridgehead atoms. The lowest BCUT2D eigenvalue weighted by Gasteiger charge is -2.11. The third kappa shape index (κ3) is 5.41. The van der Waals surface area contributed by atoms with Gasteiger partial charge in [-0.15, -0.1) is 0 Å². The van der Waals surface area contributed by atoms with Crippen molar-refractivity contribution in [2.45, 2.75) is 13.8 Å². The second kappa shape index (κ2) is 10.2. The molecule has 0 atom stereocenters. The summed E-state index contributed by atoms with van der Waals surface area (Å²) < 4.78 is 16.1. The molecule has 0 spiro atoms. The number of ether oxygens (including phenoxy) is 3. The quantitative estimate of drug-likeness (QED) is 0.513. The van der Waals surface area contributed by atoms with Crippen molar-refractivity contribution >= 4 is 29.3 Å². The minimum Gasteiger partial charge on any atom is -0.494 e. The Morgan fingerprint density at radius 3 is 2.39 bits per heavy atom. The van der Waals surface area contributed by atoms with Gasteiger partial charge in [0.05, 0.1) is 25.3 Å². The van der Waals surface area contributed by atoms with E-state index in [1.165, 1.54) is 13.2 Å². The first-order chi connectivity index (χ1) is 13.5. The van der Waals surface area contributed by atoms with E-state index < -0.39 is 5.91 Å². The highest BCUT2D eigenvalue weighted by Crippen LogP contribution is 2.34. The smallest absolute Gasteiger partial charge is 0.266 e. The molecule has 0 saturated heterocycles. The molecule has 0 radical (unpaired) electrons. The van der Waals surface area contributed by atoms with E-state index in [0.717, 1.165) is 0 Å². The van der Waals surface area contributed by atoms with Crippen LogP contribution in [0.3, 0.4) is 0 Å². The molecule has 7 heteroatoms. The number of halogens is 1. The predicted octanol–water partition coefficient (Wildman–Crippen LogP) is 4.69. The Morgan fingerprint density at radius 1 is 1.14 bits per heavy atom.